The van der Waals surface area contributed by atoms with E-state index in [1.165, 1.54) is 10.9 Å². The van der Waals surface area contributed by atoms with Crippen molar-refractivity contribution in [2.75, 3.05) is 29.4 Å². The second kappa shape index (κ2) is 10.6. The van der Waals surface area contributed by atoms with E-state index < -0.39 is 11.7 Å². The highest BCUT2D eigenvalue weighted by atomic mass is 19.4. The van der Waals surface area contributed by atoms with Crippen LogP contribution in [0.3, 0.4) is 0 Å². The van der Waals surface area contributed by atoms with Gasteiger partial charge in [-0.15, -0.1) is 5.10 Å². The Kier molecular flexibility index (Phi) is 7.35. The highest BCUT2D eigenvalue weighted by Crippen LogP contribution is 2.44. The molecule has 5 rings (SSSR count). The Morgan fingerprint density at radius 1 is 1.03 bits per heavy atom. The van der Waals surface area contributed by atoms with Gasteiger partial charge in [0.1, 0.15) is 0 Å². The number of hydrogen-bond donors (Lipinski definition) is 1. The molecular weight excluding hydrogens is 491 g/mol. The molecule has 2 heterocycles. The summed E-state index contributed by atoms with van der Waals surface area (Å²) in [4.78, 5) is 5.77. The second-order valence-corrected chi connectivity index (χ2v) is 10.9. The van der Waals surface area contributed by atoms with Crippen LogP contribution in [0.4, 0.5) is 24.8 Å². The van der Waals surface area contributed by atoms with E-state index in [-0.39, 0.29) is 11.6 Å². The van der Waals surface area contributed by atoms with Gasteiger partial charge in [0.25, 0.3) is 5.95 Å². The standard InChI is InChI=1S/C28H36F3N7/c1-18-11-19(2)13-22(12-18)17-37(27-33-35-38(34-27)10-8-32)25-5-4-9-36(16-21-6-7-21)26-15-24(28(29,30)31)20(3)14-23(25)26/h11-15,21,25H,4-10,16-17,32H2,1-3H3/t25-/m0/s1. The normalized spacial score (nSPS) is 17.9. The Balaban J connectivity index is 1.62. The molecule has 2 N–H and O–H groups in total. The van der Waals surface area contributed by atoms with E-state index in [1.54, 1.807) is 13.0 Å². The molecule has 0 spiro atoms. The van der Waals surface area contributed by atoms with Crippen molar-refractivity contribution in [3.8, 4) is 0 Å². The molecular formula is C28H36F3N7. The molecule has 1 atom stereocenters. The predicted octanol–water partition coefficient (Wildman–Crippen LogP) is 5.33. The lowest BCUT2D eigenvalue weighted by atomic mass is 9.94. The Hall–Kier alpha value is -3.14. The fraction of sp³-hybridized carbons (Fsp3) is 0.536. The van der Waals surface area contributed by atoms with E-state index in [1.807, 2.05) is 0 Å². The van der Waals surface area contributed by atoms with Crippen LogP contribution in [0.1, 0.15) is 65.1 Å². The number of hydrogen-bond acceptors (Lipinski definition) is 6. The average Bonchev–Trinajstić information content (AvgIpc) is 3.56. The average molecular weight is 528 g/mol. The molecule has 0 unspecified atom stereocenters. The van der Waals surface area contributed by atoms with E-state index in [9.17, 15) is 13.2 Å². The molecule has 204 valence electrons. The summed E-state index contributed by atoms with van der Waals surface area (Å²) in [5.41, 5.74) is 10.4. The first-order valence-corrected chi connectivity index (χ1v) is 13.4. The number of halogens is 3. The minimum absolute atomic E-state index is 0.202. The third-order valence-electron chi connectivity index (χ3n) is 7.50. The lowest BCUT2D eigenvalue weighted by Crippen LogP contribution is -2.31. The van der Waals surface area contributed by atoms with Gasteiger partial charge in [-0.2, -0.15) is 18.0 Å². The van der Waals surface area contributed by atoms with Crippen LogP contribution in [0, 0.1) is 26.7 Å². The Morgan fingerprint density at radius 3 is 2.42 bits per heavy atom. The minimum atomic E-state index is -4.41. The number of alkyl halides is 3. The number of rotatable bonds is 8. The van der Waals surface area contributed by atoms with Crippen LogP contribution in [-0.4, -0.2) is 39.8 Å². The van der Waals surface area contributed by atoms with Gasteiger partial charge in [0, 0.05) is 31.9 Å². The van der Waals surface area contributed by atoms with Gasteiger partial charge < -0.3 is 15.5 Å². The van der Waals surface area contributed by atoms with Gasteiger partial charge >= 0.3 is 6.18 Å². The van der Waals surface area contributed by atoms with Crippen molar-refractivity contribution in [3.63, 3.8) is 0 Å². The SMILES string of the molecule is Cc1cc(C)cc(CN(c2nnn(CCN)n2)[C@H]2CCCN(CC3CC3)c3cc(C(F)(F)F)c(C)cc32)c1. The topological polar surface area (TPSA) is 76.1 Å². The first-order valence-electron chi connectivity index (χ1n) is 13.4. The van der Waals surface area contributed by atoms with Gasteiger partial charge in [-0.3, -0.25) is 0 Å². The lowest BCUT2D eigenvalue weighted by Gasteiger charge is -2.33. The molecule has 1 aliphatic heterocycles. The van der Waals surface area contributed by atoms with Gasteiger partial charge in [-0.1, -0.05) is 40.5 Å². The molecule has 0 radical (unpaired) electrons. The van der Waals surface area contributed by atoms with E-state index in [0.29, 0.717) is 37.2 Å². The van der Waals surface area contributed by atoms with Crippen molar-refractivity contribution in [2.45, 2.75) is 71.8 Å². The fourth-order valence-corrected chi connectivity index (χ4v) is 5.68. The number of aromatic nitrogens is 4. The maximum atomic E-state index is 14.0. The van der Waals surface area contributed by atoms with Gasteiger partial charge in [0.05, 0.1) is 18.2 Å². The van der Waals surface area contributed by atoms with Crippen LogP contribution in [-0.2, 0) is 19.3 Å². The van der Waals surface area contributed by atoms with Crippen molar-refractivity contribution in [1.82, 2.24) is 20.2 Å². The third-order valence-corrected chi connectivity index (χ3v) is 7.50. The van der Waals surface area contributed by atoms with Crippen LogP contribution < -0.4 is 15.5 Å². The minimum Gasteiger partial charge on any atom is -0.371 e. The Bertz CT molecular complexity index is 1260. The number of fused-ring (bicyclic) bond motifs is 1. The molecule has 7 nitrogen and oxygen atoms in total. The Morgan fingerprint density at radius 2 is 1.76 bits per heavy atom. The van der Waals surface area contributed by atoms with E-state index >= 15 is 0 Å². The van der Waals surface area contributed by atoms with Gasteiger partial charge in [0.2, 0.25) is 0 Å². The van der Waals surface area contributed by atoms with Crippen molar-refractivity contribution >= 4 is 11.6 Å². The second-order valence-electron chi connectivity index (χ2n) is 10.9. The molecule has 1 aromatic heterocycles. The number of nitrogens with two attached hydrogens (primary N) is 1. The third kappa shape index (κ3) is 5.80. The molecule has 38 heavy (non-hydrogen) atoms. The largest absolute Gasteiger partial charge is 0.416 e. The predicted molar refractivity (Wildman–Crippen MR) is 142 cm³/mol. The molecule has 0 amide bonds. The quantitative estimate of drug-likeness (QED) is 0.427. The highest BCUT2D eigenvalue weighted by Gasteiger charge is 2.38. The van der Waals surface area contributed by atoms with E-state index in [2.05, 4.69) is 57.3 Å². The maximum Gasteiger partial charge on any atom is 0.416 e. The fourth-order valence-electron chi connectivity index (χ4n) is 5.68. The molecule has 0 bridgehead atoms. The molecule has 1 fully saturated rings. The maximum absolute atomic E-state index is 14.0. The smallest absolute Gasteiger partial charge is 0.371 e. The van der Waals surface area contributed by atoms with Crippen molar-refractivity contribution in [1.29, 1.82) is 0 Å². The molecule has 10 heteroatoms. The summed E-state index contributed by atoms with van der Waals surface area (Å²) < 4.78 is 42.0. The van der Waals surface area contributed by atoms with E-state index in [4.69, 9.17) is 5.73 Å². The number of nitrogens with zero attached hydrogens (tertiary/aromatic N) is 6. The zero-order valence-electron chi connectivity index (χ0n) is 22.3. The van der Waals surface area contributed by atoms with Gasteiger partial charge in [0.15, 0.2) is 0 Å². The van der Waals surface area contributed by atoms with E-state index in [0.717, 1.165) is 61.0 Å². The summed E-state index contributed by atoms with van der Waals surface area (Å²) in [6.07, 6.45) is -0.500. The summed E-state index contributed by atoms with van der Waals surface area (Å²) in [7, 11) is 0. The summed E-state index contributed by atoms with van der Waals surface area (Å²) in [6, 6.07) is 9.32. The van der Waals surface area contributed by atoms with Gasteiger partial charge in [-0.05, 0) is 80.3 Å². The van der Waals surface area contributed by atoms with Crippen molar-refractivity contribution in [3.05, 3.63) is 63.7 Å². The molecule has 1 aliphatic carbocycles. The molecule has 0 saturated heterocycles. The van der Waals surface area contributed by atoms with Crippen LogP contribution >= 0.6 is 0 Å². The van der Waals surface area contributed by atoms with Crippen LogP contribution in [0.25, 0.3) is 0 Å². The molecule has 1 saturated carbocycles. The zero-order chi connectivity index (χ0) is 27.0. The van der Waals surface area contributed by atoms with Crippen LogP contribution in [0.15, 0.2) is 30.3 Å². The zero-order valence-corrected chi connectivity index (χ0v) is 22.3. The summed E-state index contributed by atoms with van der Waals surface area (Å²) in [5, 5.41) is 13.2. The molecule has 3 aromatic rings. The summed E-state index contributed by atoms with van der Waals surface area (Å²) >= 11 is 0. The molecule has 2 aromatic carbocycles. The highest BCUT2D eigenvalue weighted by molar-refractivity contribution is 5.62. The first kappa shape index (κ1) is 26.5. The number of benzene rings is 2. The number of anilines is 2. The Labute approximate surface area is 221 Å². The summed E-state index contributed by atoms with van der Waals surface area (Å²) in [5.74, 6) is 1.01. The summed E-state index contributed by atoms with van der Waals surface area (Å²) in [6.45, 7) is 8.55. The van der Waals surface area contributed by atoms with Crippen LogP contribution in [0.2, 0.25) is 0 Å². The monoisotopic (exact) mass is 527 g/mol. The van der Waals surface area contributed by atoms with Crippen molar-refractivity contribution < 1.29 is 13.2 Å². The first-order chi connectivity index (χ1) is 18.1. The molecule has 2 aliphatic rings. The van der Waals surface area contributed by atoms with Crippen molar-refractivity contribution in [2.24, 2.45) is 11.7 Å². The number of tetrazole rings is 1. The lowest BCUT2D eigenvalue weighted by molar-refractivity contribution is -0.138. The van der Waals surface area contributed by atoms with Crippen LogP contribution in [0.5, 0.6) is 0 Å². The number of aryl methyl sites for hydroxylation is 3. The van der Waals surface area contributed by atoms with Gasteiger partial charge in [-0.25, -0.2) is 0 Å².